The first kappa shape index (κ1) is 21.1. The van der Waals surface area contributed by atoms with E-state index in [0.717, 1.165) is 4.47 Å². The van der Waals surface area contributed by atoms with Crippen LogP contribution in [0.5, 0.6) is 0 Å². The first-order valence-corrected chi connectivity index (χ1v) is 10.6. The number of halogens is 1. The number of ketones is 1. The van der Waals surface area contributed by atoms with Crippen LogP contribution in [0.4, 0.5) is 5.82 Å². The normalized spacial score (nSPS) is 18.6. The second-order valence-corrected chi connectivity index (χ2v) is 9.30. The van der Waals surface area contributed by atoms with Gasteiger partial charge in [0, 0.05) is 21.5 Å². The van der Waals surface area contributed by atoms with Crippen molar-refractivity contribution in [2.45, 2.75) is 32.2 Å². The Balaban J connectivity index is 1.91. The molecule has 1 unspecified atom stereocenters. The van der Waals surface area contributed by atoms with Gasteiger partial charge in [-0.25, -0.2) is 0 Å². The van der Waals surface area contributed by atoms with Crippen LogP contribution >= 0.6 is 15.9 Å². The second kappa shape index (κ2) is 7.81. The molecule has 1 fully saturated rings. The van der Waals surface area contributed by atoms with E-state index >= 15 is 0 Å². The molecule has 4 rings (SSSR count). The smallest absolute Gasteiger partial charge is 0.301 e. The first-order valence-electron chi connectivity index (χ1n) is 9.77. The van der Waals surface area contributed by atoms with E-state index in [9.17, 15) is 14.7 Å². The summed E-state index contributed by atoms with van der Waals surface area (Å²) in [4.78, 5) is 27.5. The number of carbonyl (C=O) groups is 2. The molecule has 0 aliphatic carbocycles. The number of hydrogen-bond donors (Lipinski definition) is 1. The van der Waals surface area contributed by atoms with Crippen molar-refractivity contribution in [2.24, 2.45) is 0 Å². The van der Waals surface area contributed by atoms with Gasteiger partial charge in [0.05, 0.1) is 11.6 Å². The van der Waals surface area contributed by atoms with E-state index in [4.69, 9.17) is 4.52 Å². The third-order valence-corrected chi connectivity index (χ3v) is 5.69. The largest absolute Gasteiger partial charge is 0.507 e. The number of aliphatic hydroxyl groups excluding tert-OH is 1. The number of aliphatic hydroxyl groups is 1. The molecule has 0 saturated carbocycles. The van der Waals surface area contributed by atoms with Gasteiger partial charge in [-0.05, 0) is 17.7 Å². The average Bonchev–Trinajstić information content (AvgIpc) is 3.32. The zero-order chi connectivity index (χ0) is 22.3. The highest BCUT2D eigenvalue weighted by molar-refractivity contribution is 9.10. The van der Waals surface area contributed by atoms with Crippen LogP contribution in [0.1, 0.15) is 43.7 Å². The van der Waals surface area contributed by atoms with Gasteiger partial charge in [-0.2, -0.15) is 0 Å². The second-order valence-electron chi connectivity index (χ2n) is 8.39. The number of benzene rings is 2. The van der Waals surface area contributed by atoms with Crippen molar-refractivity contribution in [3.05, 3.63) is 87.6 Å². The molecule has 1 atom stereocenters. The Bertz CT molecular complexity index is 1170. The molecule has 1 aromatic heterocycles. The number of carbonyl (C=O) groups excluding carboxylic acids is 2. The fourth-order valence-corrected chi connectivity index (χ4v) is 3.78. The fraction of sp³-hybridized carbons (Fsp3) is 0.208. The van der Waals surface area contributed by atoms with Crippen molar-refractivity contribution < 1.29 is 19.2 Å². The molecule has 3 aromatic rings. The maximum Gasteiger partial charge on any atom is 0.301 e. The zero-order valence-electron chi connectivity index (χ0n) is 17.3. The summed E-state index contributed by atoms with van der Waals surface area (Å²) in [7, 11) is 0. The van der Waals surface area contributed by atoms with E-state index in [2.05, 4.69) is 21.1 Å². The molecule has 1 aliphatic rings. The van der Waals surface area contributed by atoms with Crippen molar-refractivity contribution in [2.75, 3.05) is 4.90 Å². The van der Waals surface area contributed by atoms with E-state index in [1.165, 1.54) is 4.90 Å². The van der Waals surface area contributed by atoms with Crippen molar-refractivity contribution in [3.8, 4) is 0 Å². The number of Topliss-reactive ketones (excluding diaryl/α,β-unsaturated/α-hetero) is 1. The molecular weight excluding hydrogens is 460 g/mol. The summed E-state index contributed by atoms with van der Waals surface area (Å²) in [5.41, 5.74) is 0.815. The number of aromatic nitrogens is 1. The SMILES string of the molecule is CC(C)(C)c1cc(N2C(=O)C(=O)/C(=C(/O)c3ccc(Br)cc3)C2c2ccccc2)no1. The number of rotatable bonds is 3. The Morgan fingerprint density at radius 1 is 1.06 bits per heavy atom. The van der Waals surface area contributed by atoms with E-state index in [0.29, 0.717) is 16.9 Å². The van der Waals surface area contributed by atoms with E-state index < -0.39 is 17.7 Å². The van der Waals surface area contributed by atoms with Crippen molar-refractivity contribution in [1.29, 1.82) is 0 Å². The zero-order valence-corrected chi connectivity index (χ0v) is 18.9. The molecular formula is C24H21BrN2O4. The van der Waals surface area contributed by atoms with E-state index in [1.54, 1.807) is 30.3 Å². The number of nitrogens with zero attached hydrogens (tertiary/aromatic N) is 2. The van der Waals surface area contributed by atoms with Crippen LogP contribution in [0.3, 0.4) is 0 Å². The summed E-state index contributed by atoms with van der Waals surface area (Å²) in [5, 5.41) is 15.1. The number of hydrogen-bond acceptors (Lipinski definition) is 5. The summed E-state index contributed by atoms with van der Waals surface area (Å²) >= 11 is 3.36. The average molecular weight is 481 g/mol. The van der Waals surface area contributed by atoms with Crippen LogP contribution in [0, 0.1) is 0 Å². The molecule has 1 amide bonds. The molecule has 158 valence electrons. The van der Waals surface area contributed by atoms with Crippen LogP contribution in [0.2, 0.25) is 0 Å². The molecule has 6 nitrogen and oxygen atoms in total. The monoisotopic (exact) mass is 480 g/mol. The van der Waals surface area contributed by atoms with Gasteiger partial charge < -0.3 is 9.63 Å². The van der Waals surface area contributed by atoms with Crippen LogP contribution < -0.4 is 4.90 Å². The van der Waals surface area contributed by atoms with Crippen LogP contribution in [-0.4, -0.2) is 22.0 Å². The van der Waals surface area contributed by atoms with E-state index in [-0.39, 0.29) is 22.6 Å². The molecule has 7 heteroatoms. The maximum absolute atomic E-state index is 13.1. The summed E-state index contributed by atoms with van der Waals surface area (Å²) in [6.07, 6.45) is 0. The van der Waals surface area contributed by atoms with Crippen LogP contribution in [0.15, 0.2) is 75.2 Å². The fourth-order valence-electron chi connectivity index (χ4n) is 3.52. The van der Waals surface area contributed by atoms with Gasteiger partial charge in [0.15, 0.2) is 5.82 Å². The standard InChI is InChI=1S/C24H21BrN2O4/c1-24(2,3)17-13-18(26-31-17)27-20(14-7-5-4-6-8-14)19(22(29)23(27)30)21(28)15-9-11-16(25)12-10-15/h4-13,20,28H,1-3H3/b21-19+. The van der Waals surface area contributed by atoms with Crippen LogP contribution in [-0.2, 0) is 15.0 Å². The van der Waals surface area contributed by atoms with Gasteiger partial charge in [-0.3, -0.25) is 14.5 Å². The Hall–Kier alpha value is -3.19. The highest BCUT2D eigenvalue weighted by Gasteiger charge is 2.48. The topological polar surface area (TPSA) is 83.6 Å². The molecule has 1 saturated heterocycles. The lowest BCUT2D eigenvalue weighted by Gasteiger charge is -2.22. The van der Waals surface area contributed by atoms with Gasteiger partial charge in [-0.1, -0.05) is 84.3 Å². The Morgan fingerprint density at radius 2 is 1.71 bits per heavy atom. The molecule has 1 N–H and O–H groups in total. The highest BCUT2D eigenvalue weighted by atomic mass is 79.9. The molecule has 1 aliphatic heterocycles. The third kappa shape index (κ3) is 3.81. The Labute approximate surface area is 188 Å². The quantitative estimate of drug-likeness (QED) is 0.309. The highest BCUT2D eigenvalue weighted by Crippen LogP contribution is 2.42. The summed E-state index contributed by atoms with van der Waals surface area (Å²) in [6, 6.07) is 16.8. The number of anilines is 1. The first-order chi connectivity index (χ1) is 14.7. The Kier molecular flexibility index (Phi) is 5.31. The minimum absolute atomic E-state index is 0.0128. The van der Waals surface area contributed by atoms with Crippen molar-refractivity contribution in [1.82, 2.24) is 5.16 Å². The molecule has 0 radical (unpaired) electrons. The van der Waals surface area contributed by atoms with Gasteiger partial charge in [0.25, 0.3) is 5.78 Å². The minimum atomic E-state index is -0.831. The lowest BCUT2D eigenvalue weighted by Crippen LogP contribution is -2.29. The van der Waals surface area contributed by atoms with Gasteiger partial charge in [0.2, 0.25) is 0 Å². The minimum Gasteiger partial charge on any atom is -0.507 e. The molecule has 31 heavy (non-hydrogen) atoms. The van der Waals surface area contributed by atoms with Gasteiger partial charge in [0.1, 0.15) is 11.5 Å². The lowest BCUT2D eigenvalue weighted by atomic mass is 9.93. The number of amides is 1. The molecule has 0 spiro atoms. The van der Waals surface area contributed by atoms with Crippen LogP contribution in [0.25, 0.3) is 5.76 Å². The van der Waals surface area contributed by atoms with Crippen molar-refractivity contribution in [3.63, 3.8) is 0 Å². The summed E-state index contributed by atoms with van der Waals surface area (Å²) in [6.45, 7) is 5.90. The summed E-state index contributed by atoms with van der Waals surface area (Å²) in [5.74, 6) is -0.947. The summed E-state index contributed by atoms with van der Waals surface area (Å²) < 4.78 is 6.30. The lowest BCUT2D eigenvalue weighted by molar-refractivity contribution is -0.132. The van der Waals surface area contributed by atoms with Crippen molar-refractivity contribution >= 4 is 39.2 Å². The molecule has 2 aromatic carbocycles. The van der Waals surface area contributed by atoms with Gasteiger partial charge >= 0.3 is 5.91 Å². The van der Waals surface area contributed by atoms with E-state index in [1.807, 2.05) is 51.1 Å². The third-order valence-electron chi connectivity index (χ3n) is 5.16. The predicted molar refractivity (Wildman–Crippen MR) is 121 cm³/mol. The molecule has 2 heterocycles. The molecule has 0 bridgehead atoms. The maximum atomic E-state index is 13.1. The predicted octanol–water partition coefficient (Wildman–Crippen LogP) is 5.36. The Morgan fingerprint density at radius 3 is 2.29 bits per heavy atom. The van der Waals surface area contributed by atoms with Gasteiger partial charge in [-0.15, -0.1) is 0 Å².